The van der Waals surface area contributed by atoms with Gasteiger partial charge in [0.25, 0.3) is 0 Å². The zero-order valence-electron chi connectivity index (χ0n) is 21.7. The lowest BCUT2D eigenvalue weighted by Gasteiger charge is -2.41. The minimum Gasteiger partial charge on any atom is -0.497 e. The van der Waals surface area contributed by atoms with Crippen LogP contribution in [0.4, 0.5) is 13.2 Å². The van der Waals surface area contributed by atoms with E-state index >= 15 is 0 Å². The van der Waals surface area contributed by atoms with E-state index in [9.17, 15) is 23.4 Å². The molecule has 0 radical (unpaired) electrons. The third-order valence-corrected chi connectivity index (χ3v) is 7.94. The first-order valence-corrected chi connectivity index (χ1v) is 13.1. The molecule has 38 heavy (non-hydrogen) atoms. The van der Waals surface area contributed by atoms with E-state index in [0.29, 0.717) is 37.0 Å². The lowest BCUT2D eigenvalue weighted by Crippen LogP contribution is -2.42. The van der Waals surface area contributed by atoms with E-state index in [2.05, 4.69) is 9.88 Å². The van der Waals surface area contributed by atoms with Crippen molar-refractivity contribution in [3.63, 3.8) is 0 Å². The van der Waals surface area contributed by atoms with Gasteiger partial charge in [0.05, 0.1) is 18.7 Å². The Kier molecular flexibility index (Phi) is 9.25. The second-order valence-corrected chi connectivity index (χ2v) is 10.3. The van der Waals surface area contributed by atoms with Crippen molar-refractivity contribution < 1.29 is 28.1 Å². The monoisotopic (exact) mass is 531 g/mol. The number of aliphatic hydroxyl groups is 2. The van der Waals surface area contributed by atoms with Crippen molar-refractivity contribution in [1.29, 1.82) is 0 Å². The molecule has 0 unspecified atom stereocenters. The molecule has 1 saturated heterocycles. The molecule has 0 amide bonds. The fraction of sp³-hybridized carbons (Fsp3) is 0.483. The zero-order valence-corrected chi connectivity index (χ0v) is 21.7. The summed E-state index contributed by atoms with van der Waals surface area (Å²) >= 11 is 0. The average molecular weight is 532 g/mol. The van der Waals surface area contributed by atoms with Gasteiger partial charge >= 0.3 is 0 Å². The van der Waals surface area contributed by atoms with Gasteiger partial charge in [-0.05, 0) is 111 Å². The second kappa shape index (κ2) is 12.4. The van der Waals surface area contributed by atoms with Crippen molar-refractivity contribution in [2.45, 2.75) is 51.2 Å². The van der Waals surface area contributed by atoms with Crippen molar-refractivity contribution in [3.8, 4) is 5.75 Å². The standard InChI is InChI=1S/C29H36F3N3O3/c1-38-21-4-5-25-22(15-21)27(20(16-33)17-34-25)26(37)6-7-29(18-36)8-11-35(12-9-29)10-2-3-19-13-23(30)28(32)24(31)14-19/h4-5,13-15,17,26,36-37H,2-3,6-12,16,18,33H2,1H3/t26-/m0/s1. The number of hydrogen-bond acceptors (Lipinski definition) is 6. The van der Waals surface area contributed by atoms with E-state index in [-0.39, 0.29) is 18.6 Å². The Labute approximate surface area is 221 Å². The first-order chi connectivity index (χ1) is 18.3. The van der Waals surface area contributed by atoms with Gasteiger partial charge in [0, 0.05) is 24.7 Å². The van der Waals surface area contributed by atoms with Crippen molar-refractivity contribution in [3.05, 3.63) is 70.7 Å². The molecule has 3 aromatic rings. The van der Waals surface area contributed by atoms with Gasteiger partial charge in [-0.3, -0.25) is 4.98 Å². The van der Waals surface area contributed by atoms with E-state index in [0.717, 1.165) is 66.6 Å². The molecular formula is C29H36F3N3O3. The summed E-state index contributed by atoms with van der Waals surface area (Å²) in [6, 6.07) is 7.66. The number of fused-ring (bicyclic) bond motifs is 1. The molecule has 1 aliphatic rings. The number of benzene rings is 2. The van der Waals surface area contributed by atoms with Crippen LogP contribution < -0.4 is 10.5 Å². The van der Waals surface area contributed by atoms with Crippen LogP contribution in [0, 0.1) is 22.9 Å². The molecule has 2 heterocycles. The molecule has 0 aliphatic carbocycles. The Hall–Kier alpha value is -2.72. The number of ether oxygens (including phenoxy) is 1. The average Bonchev–Trinajstić information content (AvgIpc) is 2.94. The number of aromatic nitrogens is 1. The lowest BCUT2D eigenvalue weighted by atomic mass is 9.74. The largest absolute Gasteiger partial charge is 0.497 e. The molecule has 206 valence electrons. The van der Waals surface area contributed by atoms with E-state index in [1.54, 1.807) is 13.3 Å². The fourth-order valence-corrected chi connectivity index (χ4v) is 5.50. The van der Waals surface area contributed by atoms with Crippen molar-refractivity contribution in [2.75, 3.05) is 33.4 Å². The normalized spacial score (nSPS) is 16.6. The fourth-order valence-electron chi connectivity index (χ4n) is 5.50. The molecule has 4 rings (SSSR count). The van der Waals surface area contributed by atoms with Gasteiger partial charge in [-0.1, -0.05) is 0 Å². The lowest BCUT2D eigenvalue weighted by molar-refractivity contribution is 0.0233. The maximum absolute atomic E-state index is 13.5. The molecule has 0 spiro atoms. The summed E-state index contributed by atoms with van der Waals surface area (Å²) in [7, 11) is 1.59. The number of nitrogens with zero attached hydrogens (tertiary/aromatic N) is 2. The van der Waals surface area contributed by atoms with Gasteiger partial charge in [0.1, 0.15) is 5.75 Å². The smallest absolute Gasteiger partial charge is 0.194 e. The summed E-state index contributed by atoms with van der Waals surface area (Å²) in [5.74, 6) is -3.09. The Morgan fingerprint density at radius 1 is 1.13 bits per heavy atom. The molecule has 0 bridgehead atoms. The Morgan fingerprint density at radius 3 is 2.47 bits per heavy atom. The van der Waals surface area contributed by atoms with Crippen LogP contribution in [-0.4, -0.2) is 53.4 Å². The maximum atomic E-state index is 13.5. The number of aryl methyl sites for hydroxylation is 1. The Balaban J connectivity index is 1.34. The van der Waals surface area contributed by atoms with Crippen LogP contribution in [0.3, 0.4) is 0 Å². The quantitative estimate of drug-likeness (QED) is 0.312. The van der Waals surface area contributed by atoms with Crippen LogP contribution in [0.25, 0.3) is 10.9 Å². The van der Waals surface area contributed by atoms with E-state index in [1.165, 1.54) is 0 Å². The maximum Gasteiger partial charge on any atom is 0.194 e. The summed E-state index contributed by atoms with van der Waals surface area (Å²) in [5.41, 5.74) is 8.43. The molecule has 1 atom stereocenters. The minimum absolute atomic E-state index is 0.0381. The highest BCUT2D eigenvalue weighted by Gasteiger charge is 2.34. The molecule has 9 heteroatoms. The summed E-state index contributed by atoms with van der Waals surface area (Å²) in [6.07, 6.45) is 4.80. The highest BCUT2D eigenvalue weighted by Crippen LogP contribution is 2.39. The number of nitrogens with two attached hydrogens (primary N) is 1. The predicted octanol–water partition coefficient (Wildman–Crippen LogP) is 4.64. The molecule has 0 saturated carbocycles. The summed E-state index contributed by atoms with van der Waals surface area (Å²) in [5, 5.41) is 22.4. The molecule has 4 N–H and O–H groups in total. The number of likely N-dealkylation sites (tertiary alicyclic amines) is 1. The number of aliphatic hydroxyl groups excluding tert-OH is 2. The second-order valence-electron chi connectivity index (χ2n) is 10.3. The van der Waals surface area contributed by atoms with Gasteiger partial charge < -0.3 is 25.6 Å². The van der Waals surface area contributed by atoms with Gasteiger partial charge in [-0.2, -0.15) is 0 Å². The molecule has 1 fully saturated rings. The number of rotatable bonds is 11. The van der Waals surface area contributed by atoms with Crippen molar-refractivity contribution in [2.24, 2.45) is 11.1 Å². The van der Waals surface area contributed by atoms with Gasteiger partial charge in [0.15, 0.2) is 17.5 Å². The van der Waals surface area contributed by atoms with Crippen molar-refractivity contribution >= 4 is 10.9 Å². The first-order valence-electron chi connectivity index (χ1n) is 13.1. The topological polar surface area (TPSA) is 91.8 Å². The number of methoxy groups -OCH3 is 1. The number of piperidine rings is 1. The Morgan fingerprint density at radius 2 is 1.84 bits per heavy atom. The molecule has 1 aliphatic heterocycles. The summed E-state index contributed by atoms with van der Waals surface area (Å²) < 4.78 is 45.5. The van der Waals surface area contributed by atoms with Gasteiger partial charge in [-0.15, -0.1) is 0 Å². The third kappa shape index (κ3) is 6.29. The van der Waals surface area contributed by atoms with E-state index in [4.69, 9.17) is 10.5 Å². The van der Waals surface area contributed by atoms with Crippen LogP contribution in [0.5, 0.6) is 5.75 Å². The number of hydrogen-bond donors (Lipinski definition) is 3. The Bertz CT molecular complexity index is 1220. The number of pyridine rings is 1. The molecular weight excluding hydrogens is 495 g/mol. The number of halogens is 3. The highest BCUT2D eigenvalue weighted by atomic mass is 19.2. The third-order valence-electron chi connectivity index (χ3n) is 7.94. The summed E-state index contributed by atoms with van der Waals surface area (Å²) in [6.45, 7) is 2.61. The predicted molar refractivity (Wildman–Crippen MR) is 140 cm³/mol. The SMILES string of the molecule is COc1ccc2ncc(CN)c([C@@H](O)CCC3(CO)CCN(CCCc4cc(F)c(F)c(F)c4)CC3)c2c1. The van der Waals surface area contributed by atoms with Crippen LogP contribution in [0.15, 0.2) is 36.5 Å². The van der Waals surface area contributed by atoms with Crippen molar-refractivity contribution in [1.82, 2.24) is 9.88 Å². The van der Waals surface area contributed by atoms with Gasteiger partial charge in [0.2, 0.25) is 0 Å². The molecule has 2 aromatic carbocycles. The van der Waals surface area contributed by atoms with Crippen LogP contribution in [0.2, 0.25) is 0 Å². The zero-order chi connectivity index (χ0) is 27.3. The molecule has 6 nitrogen and oxygen atoms in total. The van der Waals surface area contributed by atoms with Crippen LogP contribution >= 0.6 is 0 Å². The van der Waals surface area contributed by atoms with Crippen LogP contribution in [0.1, 0.15) is 54.9 Å². The molecule has 1 aromatic heterocycles. The van der Waals surface area contributed by atoms with Crippen LogP contribution in [-0.2, 0) is 13.0 Å². The van der Waals surface area contributed by atoms with E-state index < -0.39 is 23.6 Å². The minimum atomic E-state index is -1.44. The summed E-state index contributed by atoms with van der Waals surface area (Å²) in [4.78, 5) is 6.74. The van der Waals surface area contributed by atoms with Gasteiger partial charge in [-0.25, -0.2) is 13.2 Å². The highest BCUT2D eigenvalue weighted by molar-refractivity contribution is 5.85. The van der Waals surface area contributed by atoms with E-state index in [1.807, 2.05) is 18.2 Å². The first kappa shape index (κ1) is 28.3.